The number of para-hydroxylation sites is 2. The van der Waals surface area contributed by atoms with Gasteiger partial charge in [0.25, 0.3) is 0 Å². The van der Waals surface area contributed by atoms with E-state index in [4.69, 9.17) is 20.8 Å². The van der Waals surface area contributed by atoms with Crippen molar-refractivity contribution in [3.63, 3.8) is 0 Å². The number of esters is 1. The molecule has 0 amide bonds. The maximum absolute atomic E-state index is 13.0. The fourth-order valence-corrected chi connectivity index (χ4v) is 3.58. The van der Waals surface area contributed by atoms with Gasteiger partial charge in [0.2, 0.25) is 5.78 Å². The Kier molecular flexibility index (Phi) is 5.50. The van der Waals surface area contributed by atoms with Crippen LogP contribution in [0.4, 0.5) is 0 Å². The Labute approximate surface area is 194 Å². The minimum absolute atomic E-state index is 0.141. The van der Waals surface area contributed by atoms with Gasteiger partial charge in [-0.3, -0.25) is 4.79 Å². The normalized spacial score (nSPS) is 10.9. The number of rotatable bonds is 6. The van der Waals surface area contributed by atoms with E-state index in [2.05, 4.69) is 5.10 Å². The van der Waals surface area contributed by atoms with Crippen molar-refractivity contribution in [1.29, 1.82) is 0 Å². The lowest BCUT2D eigenvalue weighted by molar-refractivity contribution is 0.0469. The Bertz CT molecular complexity index is 1420. The van der Waals surface area contributed by atoms with Crippen LogP contribution in [0, 0.1) is 0 Å². The number of nitrogens with zero attached hydrogens (tertiary/aromatic N) is 2. The van der Waals surface area contributed by atoms with Crippen LogP contribution >= 0.6 is 11.6 Å². The number of Topliss-reactive ketones (excluding diaryl/α,β-unsaturated/α-hetero) is 1. The first-order chi connectivity index (χ1) is 16.1. The van der Waals surface area contributed by atoms with Crippen molar-refractivity contribution in [2.45, 2.75) is 0 Å². The molecule has 6 nitrogen and oxygen atoms in total. The largest absolute Gasteiger partial charge is 0.453 e. The van der Waals surface area contributed by atoms with Crippen LogP contribution in [0.2, 0.25) is 5.02 Å². The molecule has 3 aromatic carbocycles. The molecule has 5 rings (SSSR count). The van der Waals surface area contributed by atoms with Crippen LogP contribution in [0.15, 0.2) is 95.5 Å². The highest BCUT2D eigenvalue weighted by Crippen LogP contribution is 2.26. The van der Waals surface area contributed by atoms with E-state index < -0.39 is 18.4 Å². The highest BCUT2D eigenvalue weighted by Gasteiger charge is 2.22. The Morgan fingerprint density at radius 2 is 1.67 bits per heavy atom. The summed E-state index contributed by atoms with van der Waals surface area (Å²) in [6.07, 6.45) is 1.59. The van der Waals surface area contributed by atoms with Gasteiger partial charge >= 0.3 is 5.97 Å². The number of benzene rings is 3. The van der Waals surface area contributed by atoms with Crippen LogP contribution in [-0.2, 0) is 4.74 Å². The second kappa shape index (κ2) is 8.76. The summed E-state index contributed by atoms with van der Waals surface area (Å²) < 4.78 is 12.5. The van der Waals surface area contributed by atoms with Crippen LogP contribution in [0.1, 0.15) is 20.9 Å². The summed E-state index contributed by atoms with van der Waals surface area (Å²) in [6, 6.07) is 25.3. The summed E-state index contributed by atoms with van der Waals surface area (Å²) in [5, 5.41) is 5.96. The molecule has 0 fully saturated rings. The summed E-state index contributed by atoms with van der Waals surface area (Å²) in [7, 11) is 0. The topological polar surface area (TPSA) is 74.3 Å². The van der Waals surface area contributed by atoms with Gasteiger partial charge in [-0.05, 0) is 36.4 Å². The molecule has 0 spiro atoms. The number of carbonyl (C=O) groups excluding carboxylic acids is 2. The third kappa shape index (κ3) is 4.29. The van der Waals surface area contributed by atoms with E-state index in [1.807, 2.05) is 48.5 Å². The quantitative estimate of drug-likeness (QED) is 0.232. The zero-order valence-corrected chi connectivity index (χ0v) is 18.0. The number of ketones is 1. The fraction of sp³-hybridized carbons (Fsp3) is 0.0385. The average Bonchev–Trinajstić information content (AvgIpc) is 3.48. The molecule has 0 aliphatic rings. The molecule has 0 aliphatic carbocycles. The molecule has 0 aliphatic heterocycles. The number of carbonyl (C=O) groups is 2. The summed E-state index contributed by atoms with van der Waals surface area (Å²) >= 11 is 6.01. The molecule has 5 aromatic rings. The van der Waals surface area contributed by atoms with Gasteiger partial charge in [-0.25, -0.2) is 9.48 Å². The highest BCUT2D eigenvalue weighted by molar-refractivity contribution is 6.30. The van der Waals surface area contributed by atoms with Gasteiger partial charge in [-0.2, -0.15) is 5.10 Å². The van der Waals surface area contributed by atoms with Crippen molar-refractivity contribution >= 4 is 34.3 Å². The van der Waals surface area contributed by atoms with Crippen molar-refractivity contribution in [1.82, 2.24) is 9.78 Å². The molecule has 0 atom stereocenters. The minimum atomic E-state index is -0.661. The Morgan fingerprint density at radius 1 is 0.939 bits per heavy atom. The summed E-state index contributed by atoms with van der Waals surface area (Å²) in [5.41, 5.74) is 2.74. The van der Waals surface area contributed by atoms with Gasteiger partial charge in [0.05, 0.1) is 5.69 Å². The predicted molar refractivity (Wildman–Crippen MR) is 125 cm³/mol. The molecule has 0 N–H and O–H groups in total. The van der Waals surface area contributed by atoms with Gasteiger partial charge < -0.3 is 9.15 Å². The lowest BCUT2D eigenvalue weighted by Crippen LogP contribution is -2.14. The van der Waals surface area contributed by atoms with E-state index in [0.717, 1.165) is 11.1 Å². The standard InChI is InChI=1S/C26H17ClN2O4/c27-19-12-10-17(11-13-19)25-21(15-29(28-25)20-7-2-1-3-8-20)26(31)32-16-22(30)24-14-18-6-4-5-9-23(18)33-24/h1-15H,16H2. The summed E-state index contributed by atoms with van der Waals surface area (Å²) in [5.74, 6) is -0.948. The third-order valence-electron chi connectivity index (χ3n) is 5.11. The minimum Gasteiger partial charge on any atom is -0.453 e. The molecule has 33 heavy (non-hydrogen) atoms. The van der Waals surface area contributed by atoms with Crippen LogP contribution in [0.3, 0.4) is 0 Å². The fourth-order valence-electron chi connectivity index (χ4n) is 3.46. The zero-order chi connectivity index (χ0) is 22.8. The van der Waals surface area contributed by atoms with Crippen LogP contribution < -0.4 is 0 Å². The summed E-state index contributed by atoms with van der Waals surface area (Å²) in [6.45, 7) is -0.449. The average molecular weight is 457 g/mol. The zero-order valence-electron chi connectivity index (χ0n) is 17.3. The number of ether oxygens (including phenoxy) is 1. The van der Waals surface area contributed by atoms with E-state index in [0.29, 0.717) is 21.9 Å². The number of halogens is 1. The molecule has 0 unspecified atom stereocenters. The molecule has 0 bridgehead atoms. The number of fused-ring (bicyclic) bond motifs is 1. The molecule has 0 radical (unpaired) electrons. The first-order valence-corrected chi connectivity index (χ1v) is 10.6. The monoisotopic (exact) mass is 456 g/mol. The van der Waals surface area contributed by atoms with Crippen molar-refractivity contribution in [2.75, 3.05) is 6.61 Å². The van der Waals surface area contributed by atoms with Gasteiger partial charge in [0, 0.05) is 22.2 Å². The van der Waals surface area contributed by atoms with E-state index in [1.165, 1.54) is 0 Å². The SMILES string of the molecule is O=C(COC(=O)c1cn(-c2ccccc2)nc1-c1ccc(Cl)cc1)c1cc2ccccc2o1. The second-order valence-electron chi connectivity index (χ2n) is 7.33. The Hall–Kier alpha value is -4.16. The lowest BCUT2D eigenvalue weighted by atomic mass is 10.1. The van der Waals surface area contributed by atoms with Crippen molar-refractivity contribution in [3.05, 3.63) is 107 Å². The molecule has 2 aromatic heterocycles. The van der Waals surface area contributed by atoms with E-state index in [1.54, 1.807) is 47.3 Å². The maximum Gasteiger partial charge on any atom is 0.342 e. The van der Waals surface area contributed by atoms with Gasteiger partial charge in [0.15, 0.2) is 12.4 Å². The Morgan fingerprint density at radius 3 is 2.42 bits per heavy atom. The van der Waals surface area contributed by atoms with E-state index >= 15 is 0 Å². The number of furan rings is 1. The molecule has 162 valence electrons. The second-order valence-corrected chi connectivity index (χ2v) is 7.76. The van der Waals surface area contributed by atoms with Gasteiger partial charge in [-0.1, -0.05) is 60.1 Å². The van der Waals surface area contributed by atoms with E-state index in [-0.39, 0.29) is 11.3 Å². The van der Waals surface area contributed by atoms with Crippen molar-refractivity contribution in [3.8, 4) is 16.9 Å². The van der Waals surface area contributed by atoms with Crippen LogP contribution in [-0.4, -0.2) is 28.1 Å². The van der Waals surface area contributed by atoms with E-state index in [9.17, 15) is 9.59 Å². The highest BCUT2D eigenvalue weighted by atomic mass is 35.5. The maximum atomic E-state index is 13.0. The predicted octanol–water partition coefficient (Wildman–Crippen LogP) is 5.98. The smallest absolute Gasteiger partial charge is 0.342 e. The Balaban J connectivity index is 1.41. The lowest BCUT2D eigenvalue weighted by Gasteiger charge is -2.04. The summed E-state index contributed by atoms with van der Waals surface area (Å²) in [4.78, 5) is 25.5. The number of aromatic nitrogens is 2. The molecule has 7 heteroatoms. The molecular formula is C26H17ClN2O4. The number of hydrogen-bond acceptors (Lipinski definition) is 5. The molecule has 0 saturated heterocycles. The van der Waals surface area contributed by atoms with Crippen LogP contribution in [0.5, 0.6) is 0 Å². The van der Waals surface area contributed by atoms with Crippen molar-refractivity contribution < 1.29 is 18.7 Å². The third-order valence-corrected chi connectivity index (χ3v) is 5.36. The van der Waals surface area contributed by atoms with Gasteiger partial charge in [0.1, 0.15) is 16.8 Å². The van der Waals surface area contributed by atoms with Crippen molar-refractivity contribution in [2.24, 2.45) is 0 Å². The first kappa shape index (κ1) is 20.7. The molecule has 0 saturated carbocycles. The first-order valence-electron chi connectivity index (χ1n) is 10.2. The number of hydrogen-bond donors (Lipinski definition) is 0. The van der Waals surface area contributed by atoms with Gasteiger partial charge in [-0.15, -0.1) is 0 Å². The molecular weight excluding hydrogens is 440 g/mol. The van der Waals surface area contributed by atoms with Crippen LogP contribution in [0.25, 0.3) is 27.9 Å². The molecule has 2 heterocycles.